The van der Waals surface area contributed by atoms with Crippen LogP contribution in [0.15, 0.2) is 36.4 Å². The van der Waals surface area contributed by atoms with Gasteiger partial charge in [-0.3, -0.25) is 0 Å². The van der Waals surface area contributed by atoms with Crippen LogP contribution in [0.1, 0.15) is 112 Å². The lowest BCUT2D eigenvalue weighted by Crippen LogP contribution is -2.28. The smallest absolute Gasteiger partial charge is 0.118 e. The molecule has 0 heterocycles. The first-order chi connectivity index (χ1) is 15.0. The highest BCUT2D eigenvalue weighted by Gasteiger charge is 2.34. The van der Waals surface area contributed by atoms with Crippen LogP contribution in [-0.4, -0.2) is 10.2 Å². The minimum absolute atomic E-state index is 0.0584. The van der Waals surface area contributed by atoms with Gasteiger partial charge in [-0.15, -0.1) is 0 Å². The number of phenols is 2. The van der Waals surface area contributed by atoms with Crippen molar-refractivity contribution in [3.05, 3.63) is 58.7 Å². The molecule has 1 saturated carbocycles. The van der Waals surface area contributed by atoms with Gasteiger partial charge in [-0.05, 0) is 61.1 Å². The summed E-state index contributed by atoms with van der Waals surface area (Å²) < 4.78 is 0. The summed E-state index contributed by atoms with van der Waals surface area (Å²) in [5.74, 6) is 0.746. The molecule has 2 N–H and O–H groups in total. The molecule has 0 bridgehead atoms. The molecule has 2 heteroatoms. The zero-order valence-electron chi connectivity index (χ0n) is 19.8. The Labute approximate surface area is 189 Å². The first kappa shape index (κ1) is 23.7. The number of phenolic OH excluding ortho intramolecular Hbond substituents is 2. The molecule has 0 radical (unpaired) electrons. The molecule has 0 spiro atoms. The van der Waals surface area contributed by atoms with Crippen molar-refractivity contribution in [3.63, 3.8) is 0 Å². The van der Waals surface area contributed by atoms with Crippen LogP contribution in [0.2, 0.25) is 0 Å². The van der Waals surface area contributed by atoms with Gasteiger partial charge in [0.1, 0.15) is 11.5 Å². The Hall–Kier alpha value is -1.96. The van der Waals surface area contributed by atoms with E-state index in [9.17, 15) is 10.2 Å². The molecule has 2 nitrogen and oxygen atoms in total. The van der Waals surface area contributed by atoms with Crippen molar-refractivity contribution in [2.75, 3.05) is 0 Å². The molecular formula is C29H42O2. The largest absolute Gasteiger partial charge is 0.508 e. The van der Waals surface area contributed by atoms with Crippen molar-refractivity contribution in [2.24, 2.45) is 0 Å². The number of rotatable bonds is 2. The van der Waals surface area contributed by atoms with E-state index >= 15 is 0 Å². The molecule has 0 unspecified atom stereocenters. The van der Waals surface area contributed by atoms with Crippen LogP contribution in [0.25, 0.3) is 0 Å². The van der Waals surface area contributed by atoms with Crippen LogP contribution in [0, 0.1) is 13.8 Å². The van der Waals surface area contributed by atoms with E-state index in [2.05, 4.69) is 24.3 Å². The van der Waals surface area contributed by atoms with Crippen molar-refractivity contribution >= 4 is 0 Å². The van der Waals surface area contributed by atoms with Gasteiger partial charge in [0.05, 0.1) is 0 Å². The third-order valence-corrected chi connectivity index (χ3v) is 7.46. The van der Waals surface area contributed by atoms with Crippen molar-refractivity contribution < 1.29 is 10.2 Å². The second kappa shape index (κ2) is 11.6. The zero-order chi connectivity index (χ0) is 22.1. The van der Waals surface area contributed by atoms with Gasteiger partial charge in [0.15, 0.2) is 0 Å². The van der Waals surface area contributed by atoms with E-state index in [1.54, 1.807) is 0 Å². The van der Waals surface area contributed by atoms with Gasteiger partial charge in [0, 0.05) is 5.41 Å². The van der Waals surface area contributed by atoms with E-state index in [4.69, 9.17) is 0 Å². The molecule has 2 aromatic rings. The second-order valence-corrected chi connectivity index (χ2v) is 9.83. The van der Waals surface area contributed by atoms with Crippen molar-refractivity contribution in [1.82, 2.24) is 0 Å². The maximum Gasteiger partial charge on any atom is 0.118 e. The minimum Gasteiger partial charge on any atom is -0.508 e. The lowest BCUT2D eigenvalue weighted by molar-refractivity contribution is 0.389. The molecule has 0 aliphatic heterocycles. The van der Waals surface area contributed by atoms with Crippen LogP contribution >= 0.6 is 0 Å². The Morgan fingerprint density at radius 1 is 0.516 bits per heavy atom. The summed E-state index contributed by atoms with van der Waals surface area (Å²) in [6.07, 6.45) is 18.3. The fourth-order valence-corrected chi connectivity index (χ4v) is 5.40. The topological polar surface area (TPSA) is 40.5 Å². The highest BCUT2D eigenvalue weighted by atomic mass is 16.3. The normalized spacial score (nSPS) is 19.3. The molecule has 3 rings (SSSR count). The fourth-order valence-electron chi connectivity index (χ4n) is 5.40. The summed E-state index contributed by atoms with van der Waals surface area (Å²) in [4.78, 5) is 0. The van der Waals surface area contributed by atoms with Crippen LogP contribution in [-0.2, 0) is 5.41 Å². The molecule has 170 valence electrons. The lowest BCUT2D eigenvalue weighted by Gasteiger charge is -2.36. The minimum atomic E-state index is -0.0584. The average Bonchev–Trinajstić information content (AvgIpc) is 2.77. The first-order valence-corrected chi connectivity index (χ1v) is 12.6. The average molecular weight is 423 g/mol. The van der Waals surface area contributed by atoms with Gasteiger partial charge in [-0.25, -0.2) is 0 Å². The van der Waals surface area contributed by atoms with Crippen LogP contribution < -0.4 is 0 Å². The Morgan fingerprint density at radius 2 is 0.839 bits per heavy atom. The summed E-state index contributed by atoms with van der Waals surface area (Å²) in [5, 5.41) is 20.4. The molecule has 1 fully saturated rings. The quantitative estimate of drug-likeness (QED) is 0.509. The molecule has 0 aromatic heterocycles. The molecule has 1 aliphatic rings. The van der Waals surface area contributed by atoms with Crippen molar-refractivity contribution in [2.45, 2.75) is 109 Å². The second-order valence-electron chi connectivity index (χ2n) is 9.83. The third-order valence-electron chi connectivity index (χ3n) is 7.46. The third kappa shape index (κ3) is 6.28. The van der Waals surface area contributed by atoms with Gasteiger partial charge < -0.3 is 10.2 Å². The number of aryl methyl sites for hydroxylation is 2. The summed E-state index contributed by atoms with van der Waals surface area (Å²) >= 11 is 0. The van der Waals surface area contributed by atoms with Crippen LogP contribution in [0.3, 0.4) is 0 Å². The Balaban J connectivity index is 1.98. The van der Waals surface area contributed by atoms with Gasteiger partial charge in [0.25, 0.3) is 0 Å². The van der Waals surface area contributed by atoms with Crippen LogP contribution in [0.4, 0.5) is 0 Å². The summed E-state index contributed by atoms with van der Waals surface area (Å²) in [6.45, 7) is 4.00. The van der Waals surface area contributed by atoms with Crippen molar-refractivity contribution in [3.8, 4) is 11.5 Å². The Morgan fingerprint density at radius 3 is 1.16 bits per heavy atom. The SMILES string of the molecule is Cc1cc(C2(c3ccc(O)c(C)c3)CCCCCCCCCCCCCC2)ccc1O. The van der Waals surface area contributed by atoms with E-state index in [1.807, 2.05) is 26.0 Å². The monoisotopic (exact) mass is 422 g/mol. The summed E-state index contributed by atoms with van der Waals surface area (Å²) in [5.41, 5.74) is 4.47. The molecule has 0 atom stereocenters. The predicted molar refractivity (Wildman–Crippen MR) is 131 cm³/mol. The van der Waals surface area contributed by atoms with E-state index in [-0.39, 0.29) is 5.41 Å². The van der Waals surface area contributed by atoms with E-state index < -0.39 is 0 Å². The number of aromatic hydroxyl groups is 2. The predicted octanol–water partition coefficient (Wildman–Crippen LogP) is 8.48. The van der Waals surface area contributed by atoms with Gasteiger partial charge >= 0.3 is 0 Å². The maximum absolute atomic E-state index is 10.2. The van der Waals surface area contributed by atoms with E-state index in [1.165, 1.54) is 88.2 Å². The van der Waals surface area contributed by atoms with Gasteiger partial charge in [-0.1, -0.05) is 101 Å². The Bertz CT molecular complexity index is 754. The Kier molecular flexibility index (Phi) is 8.87. The highest BCUT2D eigenvalue weighted by molar-refractivity contribution is 5.47. The van der Waals surface area contributed by atoms with Crippen molar-refractivity contribution in [1.29, 1.82) is 0 Å². The maximum atomic E-state index is 10.2. The van der Waals surface area contributed by atoms with Gasteiger partial charge in [0.2, 0.25) is 0 Å². The molecule has 1 aliphatic carbocycles. The molecule has 2 aromatic carbocycles. The molecular weight excluding hydrogens is 380 g/mol. The van der Waals surface area contributed by atoms with E-state index in [0.29, 0.717) is 11.5 Å². The van der Waals surface area contributed by atoms with Gasteiger partial charge in [-0.2, -0.15) is 0 Å². The fraction of sp³-hybridized carbons (Fsp3) is 0.586. The number of benzene rings is 2. The standard InChI is InChI=1S/C29H42O2/c1-23-21-25(15-17-27(23)30)29(26-16-18-28(31)24(2)22-26)19-13-11-9-7-5-3-4-6-8-10-12-14-20-29/h15-18,21-22,30-31H,3-14,19-20H2,1-2H3. The summed E-state index contributed by atoms with van der Waals surface area (Å²) in [6, 6.07) is 12.4. The lowest BCUT2D eigenvalue weighted by atomic mass is 9.67. The first-order valence-electron chi connectivity index (χ1n) is 12.6. The zero-order valence-corrected chi connectivity index (χ0v) is 19.8. The molecule has 0 amide bonds. The molecule has 0 saturated heterocycles. The number of hydrogen-bond acceptors (Lipinski definition) is 2. The molecule has 31 heavy (non-hydrogen) atoms. The number of hydrogen-bond donors (Lipinski definition) is 2. The van der Waals surface area contributed by atoms with Crippen LogP contribution in [0.5, 0.6) is 11.5 Å². The summed E-state index contributed by atoms with van der Waals surface area (Å²) in [7, 11) is 0. The highest BCUT2D eigenvalue weighted by Crippen LogP contribution is 2.44. The van der Waals surface area contributed by atoms with E-state index in [0.717, 1.165) is 24.0 Å².